The van der Waals surface area contributed by atoms with Gasteiger partial charge in [0.05, 0.1) is 17.6 Å². The highest BCUT2D eigenvalue weighted by Gasteiger charge is 2.28. The Morgan fingerprint density at radius 1 is 1.38 bits per heavy atom. The standard InChI is InChI=1S/C17H23N5O3S/c1-13-4-2-3-5-16(13)22-11-15(9-20-22)8-19-17(23)21-7-6-14(10-21)12-26(18,24)25/h2-5,9,11,14H,6-8,10,12H2,1H3,(H,19,23)(H2,18,24,25)/t14-/m1/s1. The SMILES string of the molecule is Cc1ccccc1-n1cc(CNC(=O)N2CC[C@@H](CS(N)(=O)=O)C2)cn1. The Balaban J connectivity index is 1.54. The molecule has 1 aromatic heterocycles. The number of aromatic nitrogens is 2. The van der Waals surface area contributed by atoms with Crippen molar-refractivity contribution in [1.29, 1.82) is 0 Å². The van der Waals surface area contributed by atoms with Gasteiger partial charge in [-0.2, -0.15) is 5.10 Å². The van der Waals surface area contributed by atoms with Gasteiger partial charge in [0.1, 0.15) is 0 Å². The molecule has 0 unspecified atom stereocenters. The Labute approximate surface area is 153 Å². The van der Waals surface area contributed by atoms with Gasteiger partial charge in [-0.05, 0) is 30.9 Å². The average Bonchev–Trinajstić information content (AvgIpc) is 3.21. The highest BCUT2D eigenvalue weighted by Crippen LogP contribution is 2.17. The fourth-order valence-electron chi connectivity index (χ4n) is 3.17. The zero-order chi connectivity index (χ0) is 18.7. The number of amides is 2. The number of hydrogen-bond acceptors (Lipinski definition) is 4. The molecule has 1 fully saturated rings. The molecule has 8 nitrogen and oxygen atoms in total. The monoisotopic (exact) mass is 377 g/mol. The topological polar surface area (TPSA) is 110 Å². The van der Waals surface area contributed by atoms with Gasteiger partial charge < -0.3 is 10.2 Å². The van der Waals surface area contributed by atoms with E-state index in [0.717, 1.165) is 16.8 Å². The Bertz CT molecular complexity index is 893. The van der Waals surface area contributed by atoms with Crippen LogP contribution in [0, 0.1) is 12.8 Å². The van der Waals surface area contributed by atoms with Crippen LogP contribution in [0.15, 0.2) is 36.7 Å². The van der Waals surface area contributed by atoms with Gasteiger partial charge in [-0.3, -0.25) is 0 Å². The molecule has 140 valence electrons. The van der Waals surface area contributed by atoms with Crippen LogP contribution in [0.5, 0.6) is 0 Å². The molecule has 1 saturated heterocycles. The molecule has 0 spiro atoms. The van der Waals surface area contributed by atoms with E-state index in [4.69, 9.17) is 5.14 Å². The fraction of sp³-hybridized carbons (Fsp3) is 0.412. The largest absolute Gasteiger partial charge is 0.334 e. The Morgan fingerprint density at radius 3 is 2.88 bits per heavy atom. The number of primary sulfonamides is 1. The number of benzene rings is 1. The van der Waals surface area contributed by atoms with Crippen molar-refractivity contribution in [2.24, 2.45) is 11.1 Å². The summed E-state index contributed by atoms with van der Waals surface area (Å²) in [6.45, 7) is 3.32. The molecule has 9 heteroatoms. The minimum absolute atomic E-state index is 0.0834. The van der Waals surface area contributed by atoms with Crippen molar-refractivity contribution in [2.45, 2.75) is 19.9 Å². The van der Waals surface area contributed by atoms with Crippen LogP contribution in [-0.2, 0) is 16.6 Å². The van der Waals surface area contributed by atoms with Gasteiger partial charge in [-0.25, -0.2) is 23.0 Å². The van der Waals surface area contributed by atoms with Gasteiger partial charge in [-0.1, -0.05) is 18.2 Å². The van der Waals surface area contributed by atoms with Crippen molar-refractivity contribution in [3.8, 4) is 5.69 Å². The second kappa shape index (κ2) is 7.46. The molecular weight excluding hydrogens is 354 g/mol. The van der Waals surface area contributed by atoms with Crippen LogP contribution in [0.3, 0.4) is 0 Å². The summed E-state index contributed by atoms with van der Waals surface area (Å²) in [4.78, 5) is 13.9. The third-order valence-electron chi connectivity index (χ3n) is 4.48. The van der Waals surface area contributed by atoms with Gasteiger partial charge in [-0.15, -0.1) is 0 Å². The van der Waals surface area contributed by atoms with Crippen molar-refractivity contribution < 1.29 is 13.2 Å². The Kier molecular flexibility index (Phi) is 5.28. The number of nitrogens with one attached hydrogen (secondary N) is 1. The van der Waals surface area contributed by atoms with Crippen molar-refractivity contribution in [2.75, 3.05) is 18.8 Å². The second-order valence-electron chi connectivity index (χ2n) is 6.67. The number of nitrogens with two attached hydrogens (primary N) is 1. The summed E-state index contributed by atoms with van der Waals surface area (Å²) in [6, 6.07) is 7.73. The number of carbonyl (C=O) groups is 1. The first kappa shape index (κ1) is 18.4. The summed E-state index contributed by atoms with van der Waals surface area (Å²) in [7, 11) is -3.51. The first-order valence-corrected chi connectivity index (χ1v) is 10.2. The van der Waals surface area contributed by atoms with E-state index < -0.39 is 10.0 Å². The first-order chi connectivity index (χ1) is 12.3. The molecule has 26 heavy (non-hydrogen) atoms. The molecule has 0 radical (unpaired) electrons. The molecule has 0 aliphatic carbocycles. The van der Waals surface area contributed by atoms with E-state index in [1.54, 1.807) is 15.8 Å². The third kappa shape index (κ3) is 4.61. The van der Waals surface area contributed by atoms with E-state index in [0.29, 0.717) is 26.1 Å². The van der Waals surface area contributed by atoms with Gasteiger partial charge in [0.2, 0.25) is 10.0 Å². The maximum absolute atomic E-state index is 12.3. The predicted octanol–water partition coefficient (Wildman–Crippen LogP) is 1.00. The smallest absolute Gasteiger partial charge is 0.317 e. The molecule has 1 aliphatic rings. The van der Waals surface area contributed by atoms with Crippen molar-refractivity contribution in [3.63, 3.8) is 0 Å². The quantitative estimate of drug-likeness (QED) is 0.810. The lowest BCUT2D eigenvalue weighted by atomic mass is 10.2. The van der Waals surface area contributed by atoms with Crippen LogP contribution < -0.4 is 10.5 Å². The molecule has 2 aromatic rings. The highest BCUT2D eigenvalue weighted by molar-refractivity contribution is 7.89. The fourth-order valence-corrected chi connectivity index (χ4v) is 4.10. The lowest BCUT2D eigenvalue weighted by Crippen LogP contribution is -2.38. The number of likely N-dealkylation sites (tertiary alicyclic amines) is 1. The van der Waals surface area contributed by atoms with Crippen molar-refractivity contribution in [1.82, 2.24) is 20.0 Å². The predicted molar refractivity (Wildman–Crippen MR) is 98.2 cm³/mol. The average molecular weight is 377 g/mol. The second-order valence-corrected chi connectivity index (χ2v) is 8.33. The van der Waals surface area contributed by atoms with Crippen LogP contribution in [0.2, 0.25) is 0 Å². The van der Waals surface area contributed by atoms with E-state index in [1.807, 2.05) is 37.4 Å². The van der Waals surface area contributed by atoms with E-state index >= 15 is 0 Å². The van der Waals surface area contributed by atoms with Crippen LogP contribution >= 0.6 is 0 Å². The Hall–Kier alpha value is -2.39. The first-order valence-electron chi connectivity index (χ1n) is 8.44. The minimum atomic E-state index is -3.51. The molecule has 1 atom stereocenters. The number of rotatable bonds is 5. The zero-order valence-corrected chi connectivity index (χ0v) is 15.4. The number of nitrogens with zero attached hydrogens (tertiary/aromatic N) is 3. The van der Waals surface area contributed by atoms with Gasteiger partial charge in [0.15, 0.2) is 0 Å². The lowest BCUT2D eigenvalue weighted by Gasteiger charge is -2.17. The number of para-hydroxylation sites is 1. The van der Waals surface area contributed by atoms with Gasteiger partial charge >= 0.3 is 6.03 Å². The molecule has 1 aliphatic heterocycles. The van der Waals surface area contributed by atoms with Crippen LogP contribution in [0.1, 0.15) is 17.5 Å². The number of hydrogen-bond donors (Lipinski definition) is 2. The van der Waals surface area contributed by atoms with E-state index in [2.05, 4.69) is 10.4 Å². The van der Waals surface area contributed by atoms with Gasteiger partial charge in [0, 0.05) is 31.4 Å². The summed E-state index contributed by atoms with van der Waals surface area (Å²) >= 11 is 0. The van der Waals surface area contributed by atoms with Gasteiger partial charge in [0.25, 0.3) is 0 Å². The molecule has 1 aromatic carbocycles. The van der Waals surface area contributed by atoms with Crippen LogP contribution in [0.4, 0.5) is 4.79 Å². The number of carbonyl (C=O) groups excluding carboxylic acids is 1. The molecule has 2 amide bonds. The van der Waals surface area contributed by atoms with Crippen LogP contribution in [-0.4, -0.2) is 48.0 Å². The maximum atomic E-state index is 12.3. The lowest BCUT2D eigenvalue weighted by molar-refractivity contribution is 0.207. The summed E-state index contributed by atoms with van der Waals surface area (Å²) < 4.78 is 24.1. The molecule has 3 rings (SSSR count). The van der Waals surface area contributed by atoms with E-state index in [1.165, 1.54) is 0 Å². The highest BCUT2D eigenvalue weighted by atomic mass is 32.2. The molecule has 0 bridgehead atoms. The molecule has 2 heterocycles. The van der Waals surface area contributed by atoms with Crippen molar-refractivity contribution in [3.05, 3.63) is 47.8 Å². The van der Waals surface area contributed by atoms with E-state index in [9.17, 15) is 13.2 Å². The zero-order valence-electron chi connectivity index (χ0n) is 14.6. The third-order valence-corrected chi connectivity index (χ3v) is 5.42. The maximum Gasteiger partial charge on any atom is 0.317 e. The summed E-state index contributed by atoms with van der Waals surface area (Å²) in [5.74, 6) is -0.181. The number of sulfonamides is 1. The number of aryl methyl sites for hydroxylation is 1. The van der Waals surface area contributed by atoms with Crippen LogP contribution in [0.25, 0.3) is 5.69 Å². The molecular formula is C17H23N5O3S. The summed E-state index contributed by atoms with van der Waals surface area (Å²) in [5.41, 5.74) is 3.00. The van der Waals surface area contributed by atoms with E-state index in [-0.39, 0.29) is 17.7 Å². The summed E-state index contributed by atoms with van der Waals surface area (Å²) in [6.07, 6.45) is 4.26. The number of urea groups is 1. The Morgan fingerprint density at radius 2 is 2.15 bits per heavy atom. The van der Waals surface area contributed by atoms with Crippen molar-refractivity contribution >= 4 is 16.1 Å². The minimum Gasteiger partial charge on any atom is -0.334 e. The molecule has 3 N–H and O–H groups in total. The summed E-state index contributed by atoms with van der Waals surface area (Å²) in [5, 5.41) is 12.3. The molecule has 0 saturated carbocycles. The normalized spacial score (nSPS) is 17.5.